The van der Waals surface area contributed by atoms with Crippen LogP contribution in [0, 0.1) is 0 Å². The van der Waals surface area contributed by atoms with Gasteiger partial charge in [-0.15, -0.1) is 11.3 Å². The highest BCUT2D eigenvalue weighted by Crippen LogP contribution is 2.28. The van der Waals surface area contributed by atoms with E-state index in [4.69, 9.17) is 11.6 Å². The molecule has 0 bridgehead atoms. The van der Waals surface area contributed by atoms with Gasteiger partial charge >= 0.3 is 0 Å². The van der Waals surface area contributed by atoms with E-state index < -0.39 is 0 Å². The molecule has 84 valence electrons. The Morgan fingerprint density at radius 1 is 1.33 bits per heavy atom. The Labute approximate surface area is 101 Å². The van der Waals surface area contributed by atoms with Crippen LogP contribution < -0.4 is 5.32 Å². The molecule has 3 heteroatoms. The summed E-state index contributed by atoms with van der Waals surface area (Å²) in [6.45, 7) is 2.23. The fourth-order valence-corrected chi connectivity index (χ4v) is 3.34. The average molecular weight is 244 g/mol. The van der Waals surface area contributed by atoms with Crippen LogP contribution >= 0.6 is 22.9 Å². The highest BCUT2D eigenvalue weighted by atomic mass is 35.5. The molecule has 1 heterocycles. The van der Waals surface area contributed by atoms with Crippen LogP contribution in [0.4, 0.5) is 0 Å². The van der Waals surface area contributed by atoms with Gasteiger partial charge in [0.25, 0.3) is 0 Å². The zero-order valence-electron chi connectivity index (χ0n) is 9.13. The lowest BCUT2D eigenvalue weighted by molar-refractivity contribution is 0.348. The SMILES string of the molecule is CC(NC1CCCCC1)c1ccc(Cl)s1. The van der Waals surface area contributed by atoms with Crippen LogP contribution in [0.1, 0.15) is 49.9 Å². The lowest BCUT2D eigenvalue weighted by atomic mass is 9.95. The number of halogens is 1. The Morgan fingerprint density at radius 3 is 2.67 bits per heavy atom. The first-order chi connectivity index (χ1) is 7.25. The molecule has 1 unspecified atom stereocenters. The minimum Gasteiger partial charge on any atom is -0.307 e. The van der Waals surface area contributed by atoms with Gasteiger partial charge in [0, 0.05) is 17.0 Å². The molecule has 2 rings (SSSR count). The van der Waals surface area contributed by atoms with Crippen molar-refractivity contribution in [1.29, 1.82) is 0 Å². The smallest absolute Gasteiger partial charge is 0.0931 e. The summed E-state index contributed by atoms with van der Waals surface area (Å²) in [4.78, 5) is 1.35. The monoisotopic (exact) mass is 243 g/mol. The van der Waals surface area contributed by atoms with Gasteiger partial charge in [0.15, 0.2) is 0 Å². The summed E-state index contributed by atoms with van der Waals surface area (Å²) >= 11 is 7.63. The number of nitrogens with one attached hydrogen (secondary N) is 1. The van der Waals surface area contributed by atoms with E-state index in [0.717, 1.165) is 10.4 Å². The van der Waals surface area contributed by atoms with E-state index in [-0.39, 0.29) is 0 Å². The lowest BCUT2D eigenvalue weighted by Crippen LogP contribution is -2.32. The summed E-state index contributed by atoms with van der Waals surface area (Å²) in [5, 5.41) is 3.70. The third-order valence-corrected chi connectivity index (χ3v) is 4.53. The molecule has 1 atom stereocenters. The molecule has 1 aromatic heterocycles. The minimum absolute atomic E-state index is 0.450. The molecule has 15 heavy (non-hydrogen) atoms. The maximum Gasteiger partial charge on any atom is 0.0931 e. The zero-order valence-corrected chi connectivity index (χ0v) is 10.7. The summed E-state index contributed by atoms with van der Waals surface area (Å²) in [6.07, 6.45) is 6.86. The van der Waals surface area contributed by atoms with Crippen LogP contribution in [-0.2, 0) is 0 Å². The Balaban J connectivity index is 1.88. The van der Waals surface area contributed by atoms with Crippen LogP contribution in [0.3, 0.4) is 0 Å². The molecule has 0 radical (unpaired) electrons. The summed E-state index contributed by atoms with van der Waals surface area (Å²) < 4.78 is 0.891. The van der Waals surface area contributed by atoms with E-state index in [9.17, 15) is 0 Å². The second-order valence-corrected chi connectivity index (χ2v) is 6.11. The highest BCUT2D eigenvalue weighted by Gasteiger charge is 2.16. The first-order valence-electron chi connectivity index (χ1n) is 5.77. The molecule has 0 saturated heterocycles. The van der Waals surface area contributed by atoms with Gasteiger partial charge in [-0.2, -0.15) is 0 Å². The van der Waals surface area contributed by atoms with Crippen molar-refractivity contribution in [1.82, 2.24) is 5.32 Å². The van der Waals surface area contributed by atoms with Gasteiger partial charge in [-0.25, -0.2) is 0 Å². The average Bonchev–Trinajstić information content (AvgIpc) is 2.66. The molecular weight excluding hydrogens is 226 g/mol. The number of hydrogen-bond acceptors (Lipinski definition) is 2. The van der Waals surface area contributed by atoms with Crippen molar-refractivity contribution < 1.29 is 0 Å². The van der Waals surface area contributed by atoms with E-state index in [0.29, 0.717) is 6.04 Å². The van der Waals surface area contributed by atoms with Crippen molar-refractivity contribution in [2.24, 2.45) is 0 Å². The van der Waals surface area contributed by atoms with Crippen molar-refractivity contribution in [2.45, 2.75) is 51.1 Å². The Morgan fingerprint density at radius 2 is 2.07 bits per heavy atom. The van der Waals surface area contributed by atoms with Crippen LogP contribution in [-0.4, -0.2) is 6.04 Å². The Kier molecular flexibility index (Phi) is 4.06. The van der Waals surface area contributed by atoms with Crippen LogP contribution in [0.15, 0.2) is 12.1 Å². The maximum absolute atomic E-state index is 5.94. The van der Waals surface area contributed by atoms with Gasteiger partial charge in [-0.1, -0.05) is 30.9 Å². The van der Waals surface area contributed by atoms with E-state index in [2.05, 4.69) is 18.3 Å². The van der Waals surface area contributed by atoms with Crippen molar-refractivity contribution in [3.8, 4) is 0 Å². The molecule has 1 aromatic rings. The van der Waals surface area contributed by atoms with Gasteiger partial charge in [0.05, 0.1) is 4.34 Å². The number of hydrogen-bond donors (Lipinski definition) is 1. The molecule has 1 nitrogen and oxygen atoms in total. The van der Waals surface area contributed by atoms with Gasteiger partial charge in [-0.3, -0.25) is 0 Å². The third kappa shape index (κ3) is 3.20. The number of thiophene rings is 1. The summed E-state index contributed by atoms with van der Waals surface area (Å²) in [5.41, 5.74) is 0. The van der Waals surface area contributed by atoms with Gasteiger partial charge in [0.1, 0.15) is 0 Å². The van der Waals surface area contributed by atoms with Crippen LogP contribution in [0.25, 0.3) is 0 Å². The number of rotatable bonds is 3. The van der Waals surface area contributed by atoms with E-state index in [1.807, 2.05) is 6.07 Å². The first-order valence-corrected chi connectivity index (χ1v) is 6.96. The molecule has 0 amide bonds. The standard InChI is InChI=1S/C12H18ClNS/c1-9(11-7-8-12(13)15-11)14-10-5-3-2-4-6-10/h7-10,14H,2-6H2,1H3. The quantitative estimate of drug-likeness (QED) is 0.831. The maximum atomic E-state index is 5.94. The molecule has 0 spiro atoms. The van der Waals surface area contributed by atoms with Crippen LogP contribution in [0.2, 0.25) is 4.34 Å². The molecule has 1 aliphatic rings. The summed E-state index contributed by atoms with van der Waals surface area (Å²) in [5.74, 6) is 0. The van der Waals surface area contributed by atoms with Crippen LogP contribution in [0.5, 0.6) is 0 Å². The molecule has 1 fully saturated rings. The van der Waals surface area contributed by atoms with Crippen molar-refractivity contribution in [3.05, 3.63) is 21.3 Å². The molecule has 0 aromatic carbocycles. The Bertz CT molecular complexity index is 304. The fourth-order valence-electron chi connectivity index (χ4n) is 2.27. The summed E-state index contributed by atoms with van der Waals surface area (Å²) in [6, 6.07) is 5.29. The Hall–Kier alpha value is -0.0500. The third-order valence-electron chi connectivity index (χ3n) is 3.11. The topological polar surface area (TPSA) is 12.0 Å². The van der Waals surface area contributed by atoms with Crippen molar-refractivity contribution in [3.63, 3.8) is 0 Å². The fraction of sp³-hybridized carbons (Fsp3) is 0.667. The zero-order chi connectivity index (χ0) is 10.7. The molecule has 0 aliphatic heterocycles. The second kappa shape index (κ2) is 5.33. The molecule has 1 aliphatic carbocycles. The second-order valence-electron chi connectivity index (χ2n) is 4.37. The summed E-state index contributed by atoms with van der Waals surface area (Å²) in [7, 11) is 0. The normalized spacial score (nSPS) is 20.4. The molecule has 1 saturated carbocycles. The predicted octanol–water partition coefficient (Wildman–Crippen LogP) is 4.38. The first kappa shape index (κ1) is 11.4. The van der Waals surface area contributed by atoms with E-state index in [1.165, 1.54) is 37.0 Å². The van der Waals surface area contributed by atoms with Crippen molar-refractivity contribution in [2.75, 3.05) is 0 Å². The largest absolute Gasteiger partial charge is 0.307 e. The highest BCUT2D eigenvalue weighted by molar-refractivity contribution is 7.16. The van der Waals surface area contributed by atoms with Gasteiger partial charge in [-0.05, 0) is 31.9 Å². The van der Waals surface area contributed by atoms with Gasteiger partial charge < -0.3 is 5.32 Å². The van der Waals surface area contributed by atoms with Crippen molar-refractivity contribution >= 4 is 22.9 Å². The van der Waals surface area contributed by atoms with E-state index in [1.54, 1.807) is 11.3 Å². The van der Waals surface area contributed by atoms with E-state index >= 15 is 0 Å². The molecule has 1 N–H and O–H groups in total. The molecular formula is C12H18ClNS. The predicted molar refractivity (Wildman–Crippen MR) is 67.8 cm³/mol. The lowest BCUT2D eigenvalue weighted by Gasteiger charge is -2.26. The van der Waals surface area contributed by atoms with Gasteiger partial charge in [0.2, 0.25) is 0 Å². The minimum atomic E-state index is 0.450.